The third-order valence-corrected chi connectivity index (χ3v) is 5.08. The van der Waals surface area contributed by atoms with E-state index in [9.17, 15) is 4.79 Å². The molecule has 1 aliphatic carbocycles. The summed E-state index contributed by atoms with van der Waals surface area (Å²) < 4.78 is 0. The Kier molecular flexibility index (Phi) is 5.89. The molecular weight excluding hydrogens is 298 g/mol. The number of carbonyl (C=O) groups excluding carboxylic acids is 1. The summed E-state index contributed by atoms with van der Waals surface area (Å²) in [7, 11) is 0. The number of carbonyl (C=O) groups is 1. The van der Waals surface area contributed by atoms with Crippen LogP contribution in [0.5, 0.6) is 0 Å². The Morgan fingerprint density at radius 3 is 3.08 bits per heavy atom. The number of hydrogen-bond acceptors (Lipinski definition) is 3. The molecule has 4 heteroatoms. The number of amides is 1. The van der Waals surface area contributed by atoms with Crippen LogP contribution >= 0.6 is 0 Å². The minimum Gasteiger partial charge on any atom is -0.385 e. The number of allylic oxidation sites excluding steroid dienone is 1. The molecule has 130 valence electrons. The van der Waals surface area contributed by atoms with E-state index in [2.05, 4.69) is 23.3 Å². The molecule has 0 radical (unpaired) electrons. The first-order chi connectivity index (χ1) is 11.7. The summed E-state index contributed by atoms with van der Waals surface area (Å²) >= 11 is 0. The number of piperidine rings is 1. The van der Waals surface area contributed by atoms with Gasteiger partial charge in [0.25, 0.3) is 5.91 Å². The molecule has 0 bridgehead atoms. The summed E-state index contributed by atoms with van der Waals surface area (Å²) in [5.41, 5.74) is 3.13. The molecule has 1 N–H and O–H groups in total. The van der Waals surface area contributed by atoms with Crippen LogP contribution in [0.2, 0.25) is 0 Å². The lowest BCUT2D eigenvalue weighted by molar-refractivity contribution is 0.0677. The van der Waals surface area contributed by atoms with Crippen LogP contribution in [0, 0.1) is 5.92 Å². The molecule has 1 amide bonds. The average molecular weight is 327 g/mol. The fourth-order valence-electron chi connectivity index (χ4n) is 3.69. The van der Waals surface area contributed by atoms with Crippen LogP contribution in [0.4, 0.5) is 5.69 Å². The molecule has 1 fully saturated rings. The summed E-state index contributed by atoms with van der Waals surface area (Å²) in [5.74, 6) is 0.660. The van der Waals surface area contributed by atoms with Crippen molar-refractivity contribution < 1.29 is 4.79 Å². The highest BCUT2D eigenvalue weighted by Gasteiger charge is 2.22. The Bertz CT molecular complexity index is 596. The van der Waals surface area contributed by atoms with Crippen LogP contribution in [0.3, 0.4) is 0 Å². The van der Waals surface area contributed by atoms with Crippen molar-refractivity contribution in [2.24, 2.45) is 5.92 Å². The largest absolute Gasteiger partial charge is 0.385 e. The van der Waals surface area contributed by atoms with Gasteiger partial charge in [-0.2, -0.15) is 0 Å². The lowest BCUT2D eigenvalue weighted by Crippen LogP contribution is -2.39. The van der Waals surface area contributed by atoms with Crippen LogP contribution in [0.15, 0.2) is 30.0 Å². The fourth-order valence-corrected chi connectivity index (χ4v) is 3.69. The predicted molar refractivity (Wildman–Crippen MR) is 98.2 cm³/mol. The summed E-state index contributed by atoms with van der Waals surface area (Å²) in [4.78, 5) is 18.9. The maximum atomic E-state index is 12.6. The zero-order chi connectivity index (χ0) is 16.8. The topological polar surface area (TPSA) is 45.2 Å². The van der Waals surface area contributed by atoms with Gasteiger partial charge in [0.15, 0.2) is 0 Å². The minimum absolute atomic E-state index is 0.0696. The van der Waals surface area contributed by atoms with E-state index in [4.69, 9.17) is 0 Å². The maximum Gasteiger partial charge on any atom is 0.272 e. The molecule has 0 aromatic carbocycles. The zero-order valence-electron chi connectivity index (χ0n) is 14.8. The number of aromatic nitrogens is 1. The van der Waals surface area contributed by atoms with Gasteiger partial charge in [-0.1, -0.05) is 18.6 Å². The Hall–Kier alpha value is -1.84. The fraction of sp³-hybridized carbons (Fsp3) is 0.600. The number of hydrogen-bond donors (Lipinski definition) is 1. The van der Waals surface area contributed by atoms with E-state index in [0.717, 1.165) is 38.2 Å². The molecule has 24 heavy (non-hydrogen) atoms. The molecular formula is C20H29N3O. The highest BCUT2D eigenvalue weighted by atomic mass is 16.2. The van der Waals surface area contributed by atoms with Crippen molar-refractivity contribution in [2.45, 2.75) is 51.9 Å². The van der Waals surface area contributed by atoms with Crippen molar-refractivity contribution in [3.8, 4) is 0 Å². The van der Waals surface area contributed by atoms with E-state index in [1.165, 1.54) is 32.1 Å². The molecule has 1 aliphatic heterocycles. The molecule has 1 aromatic rings. The highest BCUT2D eigenvalue weighted by Crippen LogP contribution is 2.21. The van der Waals surface area contributed by atoms with Gasteiger partial charge in [0.1, 0.15) is 5.69 Å². The van der Waals surface area contributed by atoms with Crippen LogP contribution in [0.1, 0.15) is 62.4 Å². The Balaban J connectivity index is 1.55. The van der Waals surface area contributed by atoms with Gasteiger partial charge in [0.05, 0.1) is 0 Å². The monoisotopic (exact) mass is 327 g/mol. The first-order valence-electron chi connectivity index (χ1n) is 9.39. The van der Waals surface area contributed by atoms with Gasteiger partial charge >= 0.3 is 0 Å². The molecule has 1 atom stereocenters. The minimum atomic E-state index is 0.0696. The predicted octanol–water partition coefficient (Wildman–Crippen LogP) is 4.26. The van der Waals surface area contributed by atoms with Gasteiger partial charge in [-0.3, -0.25) is 9.78 Å². The molecule has 2 aliphatic rings. The third kappa shape index (κ3) is 4.59. The summed E-state index contributed by atoms with van der Waals surface area (Å²) in [6, 6.07) is 3.85. The zero-order valence-corrected chi connectivity index (χ0v) is 14.8. The highest BCUT2D eigenvalue weighted by molar-refractivity contribution is 5.93. The number of nitrogens with zero attached hydrogens (tertiary/aromatic N) is 2. The number of likely N-dealkylation sites (tertiary alicyclic amines) is 1. The van der Waals surface area contributed by atoms with Crippen molar-refractivity contribution in [3.05, 3.63) is 35.7 Å². The van der Waals surface area contributed by atoms with E-state index in [0.29, 0.717) is 11.6 Å². The molecule has 3 rings (SSSR count). The van der Waals surface area contributed by atoms with E-state index < -0.39 is 0 Å². The maximum absolute atomic E-state index is 12.6. The second kappa shape index (κ2) is 8.32. The van der Waals surface area contributed by atoms with Crippen molar-refractivity contribution >= 4 is 11.6 Å². The van der Waals surface area contributed by atoms with Crippen molar-refractivity contribution in [1.82, 2.24) is 9.88 Å². The quantitative estimate of drug-likeness (QED) is 0.822. The van der Waals surface area contributed by atoms with E-state index in [-0.39, 0.29) is 5.91 Å². The summed E-state index contributed by atoms with van der Waals surface area (Å²) in [6.07, 6.45) is 12.7. The molecule has 1 unspecified atom stereocenters. The van der Waals surface area contributed by atoms with Gasteiger partial charge in [-0.15, -0.1) is 0 Å². The molecule has 1 saturated heterocycles. The normalized spacial score (nSPS) is 21.3. The lowest BCUT2D eigenvalue weighted by Gasteiger charge is -2.30. The summed E-state index contributed by atoms with van der Waals surface area (Å²) in [6.45, 7) is 4.85. The Labute approximate surface area is 145 Å². The molecule has 4 nitrogen and oxygen atoms in total. The van der Waals surface area contributed by atoms with E-state index in [1.807, 2.05) is 17.0 Å². The van der Waals surface area contributed by atoms with Crippen LogP contribution in [-0.2, 0) is 0 Å². The van der Waals surface area contributed by atoms with Crippen molar-refractivity contribution in [3.63, 3.8) is 0 Å². The number of pyridine rings is 1. The number of nitrogens with one attached hydrogen (secondary N) is 1. The molecule has 1 aromatic heterocycles. The van der Waals surface area contributed by atoms with E-state index >= 15 is 0 Å². The average Bonchev–Trinajstić information content (AvgIpc) is 2.62. The first-order valence-corrected chi connectivity index (χ1v) is 9.39. The summed E-state index contributed by atoms with van der Waals surface area (Å²) in [5, 5.41) is 3.45. The second-order valence-corrected chi connectivity index (χ2v) is 7.21. The standard InChI is InChI=1S/C20H29N3O/c1-16-6-5-13-23(15-16)20(24)19-14-18(10-12-22-19)21-11-9-17-7-3-2-4-8-17/h7,10,12,14,16H,2-6,8-9,11,13,15H2,1H3,(H,21,22). The van der Waals surface area contributed by atoms with E-state index in [1.54, 1.807) is 11.8 Å². The van der Waals surface area contributed by atoms with Gasteiger partial charge in [-0.05, 0) is 63.0 Å². The van der Waals surface area contributed by atoms with Gasteiger partial charge in [-0.25, -0.2) is 0 Å². The van der Waals surface area contributed by atoms with Crippen molar-refractivity contribution in [1.29, 1.82) is 0 Å². The van der Waals surface area contributed by atoms with Crippen LogP contribution in [-0.4, -0.2) is 35.4 Å². The van der Waals surface area contributed by atoms with Gasteiger partial charge < -0.3 is 10.2 Å². The molecule has 0 spiro atoms. The van der Waals surface area contributed by atoms with Crippen LogP contribution in [0.25, 0.3) is 0 Å². The smallest absolute Gasteiger partial charge is 0.272 e. The van der Waals surface area contributed by atoms with Crippen LogP contribution < -0.4 is 5.32 Å². The lowest BCUT2D eigenvalue weighted by atomic mass is 9.97. The Morgan fingerprint density at radius 2 is 2.29 bits per heavy atom. The van der Waals surface area contributed by atoms with Gasteiger partial charge in [0, 0.05) is 31.5 Å². The first kappa shape index (κ1) is 17.0. The molecule has 0 saturated carbocycles. The number of rotatable bonds is 5. The van der Waals surface area contributed by atoms with Crippen molar-refractivity contribution in [2.75, 3.05) is 25.0 Å². The molecule has 2 heterocycles. The SMILES string of the molecule is CC1CCCN(C(=O)c2cc(NCCC3=CCCCC3)ccn2)C1. The van der Waals surface area contributed by atoms with Gasteiger partial charge in [0.2, 0.25) is 0 Å². The second-order valence-electron chi connectivity index (χ2n) is 7.21. The number of anilines is 1. The third-order valence-electron chi connectivity index (χ3n) is 5.08. The Morgan fingerprint density at radius 1 is 1.38 bits per heavy atom.